The minimum Gasteiger partial charge on any atom is -0.493 e. The highest BCUT2D eigenvalue weighted by Gasteiger charge is 2.14. The molecule has 0 saturated carbocycles. The van der Waals surface area contributed by atoms with E-state index >= 15 is 0 Å². The first kappa shape index (κ1) is 23.0. The third kappa shape index (κ3) is 5.70. The van der Waals surface area contributed by atoms with E-state index in [1.54, 1.807) is 48.5 Å². The van der Waals surface area contributed by atoms with Crippen molar-refractivity contribution in [2.24, 2.45) is 5.10 Å². The predicted octanol–water partition coefficient (Wildman–Crippen LogP) is 4.71. The number of para-hydroxylation sites is 1. The average molecular weight is 455 g/mol. The van der Waals surface area contributed by atoms with Gasteiger partial charge in [0, 0.05) is 10.6 Å². The number of hydrogen-bond acceptors (Lipinski definition) is 6. The van der Waals surface area contributed by atoms with Crippen molar-refractivity contribution in [3.8, 4) is 23.0 Å². The number of halogens is 1. The summed E-state index contributed by atoms with van der Waals surface area (Å²) < 4.78 is 21.8. The fraction of sp³-hybridized carbons (Fsp3) is 0.167. The number of carbonyl (C=O) groups excluding carboxylic acids is 1. The zero-order valence-electron chi connectivity index (χ0n) is 17.9. The summed E-state index contributed by atoms with van der Waals surface area (Å²) in [7, 11) is 4.59. The van der Waals surface area contributed by atoms with E-state index in [9.17, 15) is 4.79 Å². The lowest BCUT2D eigenvalue weighted by molar-refractivity contribution is 0.0950. The lowest BCUT2D eigenvalue weighted by Crippen LogP contribution is -2.18. The number of ether oxygens (including phenoxy) is 4. The molecule has 3 aromatic rings. The average Bonchev–Trinajstić information content (AvgIpc) is 2.83. The van der Waals surface area contributed by atoms with Crippen molar-refractivity contribution in [1.29, 1.82) is 0 Å². The summed E-state index contributed by atoms with van der Waals surface area (Å²) in [6, 6.07) is 17.7. The summed E-state index contributed by atoms with van der Waals surface area (Å²) in [5.41, 5.74) is 4.48. The highest BCUT2D eigenvalue weighted by molar-refractivity contribution is 6.30. The Bertz CT molecular complexity index is 1070. The summed E-state index contributed by atoms with van der Waals surface area (Å²) >= 11 is 5.91. The lowest BCUT2D eigenvalue weighted by Gasteiger charge is -2.12. The molecule has 0 atom stereocenters. The van der Waals surface area contributed by atoms with Crippen LogP contribution in [-0.2, 0) is 6.61 Å². The highest BCUT2D eigenvalue weighted by Crippen LogP contribution is 2.37. The standard InChI is InChI=1S/C24H23ClN2O5/c1-29-21-12-17(13-22(30-2)23(21)31-3)14-26-27-24(28)19-6-4-5-7-20(19)32-15-16-8-10-18(25)11-9-16/h4-14H,15H2,1-3H3,(H,27,28)/b26-14-. The largest absolute Gasteiger partial charge is 0.493 e. The van der Waals surface area contributed by atoms with E-state index in [1.165, 1.54) is 27.5 Å². The van der Waals surface area contributed by atoms with Gasteiger partial charge in [0.15, 0.2) is 11.5 Å². The Balaban J connectivity index is 1.70. The highest BCUT2D eigenvalue weighted by atomic mass is 35.5. The van der Waals surface area contributed by atoms with Crippen molar-refractivity contribution >= 4 is 23.7 Å². The maximum Gasteiger partial charge on any atom is 0.275 e. The van der Waals surface area contributed by atoms with Gasteiger partial charge >= 0.3 is 0 Å². The van der Waals surface area contributed by atoms with Crippen LogP contribution in [0.15, 0.2) is 65.8 Å². The molecule has 0 unspecified atom stereocenters. The molecule has 0 spiro atoms. The molecule has 0 saturated heterocycles. The minimum absolute atomic E-state index is 0.302. The van der Waals surface area contributed by atoms with Crippen molar-refractivity contribution in [1.82, 2.24) is 5.43 Å². The lowest BCUT2D eigenvalue weighted by atomic mass is 10.2. The SMILES string of the molecule is COc1cc(/C=N\NC(=O)c2ccccc2OCc2ccc(Cl)cc2)cc(OC)c1OC. The molecule has 0 aliphatic heterocycles. The van der Waals surface area contributed by atoms with Gasteiger partial charge in [-0.1, -0.05) is 35.9 Å². The van der Waals surface area contributed by atoms with Crippen LogP contribution < -0.4 is 24.4 Å². The van der Waals surface area contributed by atoms with Crippen molar-refractivity contribution in [2.45, 2.75) is 6.61 Å². The Kier molecular flexibility index (Phi) is 7.94. The summed E-state index contributed by atoms with van der Waals surface area (Å²) in [4.78, 5) is 12.7. The van der Waals surface area contributed by atoms with Crippen LogP contribution in [-0.4, -0.2) is 33.5 Å². The molecule has 1 amide bonds. The van der Waals surface area contributed by atoms with E-state index in [4.69, 9.17) is 30.5 Å². The minimum atomic E-state index is -0.402. The van der Waals surface area contributed by atoms with E-state index < -0.39 is 5.91 Å². The molecule has 8 heteroatoms. The molecule has 3 aromatic carbocycles. The first-order chi connectivity index (χ1) is 15.5. The monoisotopic (exact) mass is 454 g/mol. The fourth-order valence-electron chi connectivity index (χ4n) is 2.92. The van der Waals surface area contributed by atoms with Crippen LogP contribution >= 0.6 is 11.6 Å². The molecular formula is C24H23ClN2O5. The molecule has 7 nitrogen and oxygen atoms in total. The van der Waals surface area contributed by atoms with E-state index in [2.05, 4.69) is 10.5 Å². The molecule has 32 heavy (non-hydrogen) atoms. The van der Waals surface area contributed by atoms with Crippen molar-refractivity contribution < 1.29 is 23.7 Å². The Morgan fingerprint density at radius 1 is 0.938 bits per heavy atom. The molecular weight excluding hydrogens is 432 g/mol. The summed E-state index contributed by atoms with van der Waals surface area (Å²) in [6.45, 7) is 0.302. The van der Waals surface area contributed by atoms with Crippen LogP contribution in [0.5, 0.6) is 23.0 Å². The van der Waals surface area contributed by atoms with Gasteiger partial charge < -0.3 is 18.9 Å². The molecule has 0 heterocycles. The van der Waals surface area contributed by atoms with E-state index in [0.29, 0.717) is 45.8 Å². The molecule has 0 aliphatic rings. The van der Waals surface area contributed by atoms with Gasteiger partial charge in [0.25, 0.3) is 5.91 Å². The summed E-state index contributed by atoms with van der Waals surface area (Å²) in [5, 5.41) is 4.70. The van der Waals surface area contributed by atoms with Gasteiger partial charge in [0.1, 0.15) is 12.4 Å². The number of benzene rings is 3. The third-order valence-corrected chi connectivity index (χ3v) is 4.76. The number of nitrogens with one attached hydrogen (secondary N) is 1. The molecule has 0 bridgehead atoms. The van der Waals surface area contributed by atoms with Gasteiger partial charge in [-0.05, 0) is 42.0 Å². The smallest absolute Gasteiger partial charge is 0.275 e. The van der Waals surface area contributed by atoms with Crippen LogP contribution in [0.4, 0.5) is 0 Å². The second-order valence-electron chi connectivity index (χ2n) is 6.57. The fourth-order valence-corrected chi connectivity index (χ4v) is 3.05. The molecule has 166 valence electrons. The zero-order valence-corrected chi connectivity index (χ0v) is 18.7. The Labute approximate surface area is 191 Å². The van der Waals surface area contributed by atoms with Gasteiger partial charge in [-0.2, -0.15) is 5.10 Å². The van der Waals surface area contributed by atoms with Crippen molar-refractivity contribution in [3.63, 3.8) is 0 Å². The molecule has 1 N–H and O–H groups in total. The molecule has 0 aliphatic carbocycles. The van der Waals surface area contributed by atoms with E-state index in [-0.39, 0.29) is 0 Å². The Morgan fingerprint density at radius 3 is 2.22 bits per heavy atom. The second-order valence-corrected chi connectivity index (χ2v) is 7.01. The van der Waals surface area contributed by atoms with E-state index in [0.717, 1.165) is 5.56 Å². The molecule has 0 fully saturated rings. The zero-order chi connectivity index (χ0) is 22.9. The number of rotatable bonds is 9. The van der Waals surface area contributed by atoms with Gasteiger partial charge in [-0.15, -0.1) is 0 Å². The normalized spacial score (nSPS) is 10.6. The summed E-state index contributed by atoms with van der Waals surface area (Å²) in [6.07, 6.45) is 1.49. The number of hydrazone groups is 1. The van der Waals surface area contributed by atoms with Crippen LogP contribution in [0.3, 0.4) is 0 Å². The van der Waals surface area contributed by atoms with Gasteiger partial charge in [-0.25, -0.2) is 5.43 Å². The van der Waals surface area contributed by atoms with Gasteiger partial charge in [0.2, 0.25) is 5.75 Å². The van der Waals surface area contributed by atoms with Crippen LogP contribution in [0.2, 0.25) is 5.02 Å². The first-order valence-corrected chi connectivity index (χ1v) is 10.0. The topological polar surface area (TPSA) is 78.4 Å². The molecule has 0 aromatic heterocycles. The first-order valence-electron chi connectivity index (χ1n) is 9.65. The van der Waals surface area contributed by atoms with Gasteiger partial charge in [-0.3, -0.25) is 4.79 Å². The van der Waals surface area contributed by atoms with Crippen LogP contribution in [0, 0.1) is 0 Å². The predicted molar refractivity (Wildman–Crippen MR) is 123 cm³/mol. The number of hydrogen-bond donors (Lipinski definition) is 1. The third-order valence-electron chi connectivity index (χ3n) is 4.51. The van der Waals surface area contributed by atoms with Crippen molar-refractivity contribution in [2.75, 3.05) is 21.3 Å². The van der Waals surface area contributed by atoms with E-state index in [1.807, 2.05) is 12.1 Å². The number of carbonyl (C=O) groups is 1. The van der Waals surface area contributed by atoms with Crippen LogP contribution in [0.1, 0.15) is 21.5 Å². The number of amides is 1. The molecule has 3 rings (SSSR count). The van der Waals surface area contributed by atoms with Crippen LogP contribution in [0.25, 0.3) is 0 Å². The second kappa shape index (κ2) is 11.1. The van der Waals surface area contributed by atoms with Gasteiger partial charge in [0.05, 0.1) is 33.1 Å². The number of methoxy groups -OCH3 is 3. The number of nitrogens with zero attached hydrogens (tertiary/aromatic N) is 1. The Hall–Kier alpha value is -3.71. The quantitative estimate of drug-likeness (QED) is 0.374. The van der Waals surface area contributed by atoms with Crippen molar-refractivity contribution in [3.05, 3.63) is 82.4 Å². The Morgan fingerprint density at radius 2 is 1.59 bits per heavy atom. The maximum atomic E-state index is 12.7. The summed E-state index contributed by atoms with van der Waals surface area (Å²) in [5.74, 6) is 1.49. The maximum absolute atomic E-state index is 12.7. The molecule has 0 radical (unpaired) electrons.